The Hall–Kier alpha value is -1.44. The molecule has 0 spiro atoms. The van der Waals surface area contributed by atoms with Crippen LogP contribution in [0.2, 0.25) is 0 Å². The van der Waals surface area contributed by atoms with Crippen molar-refractivity contribution in [3.05, 3.63) is 35.1 Å². The first kappa shape index (κ1) is 15.0. The molecule has 108 valence electrons. The summed E-state index contributed by atoms with van der Waals surface area (Å²) >= 11 is 0. The largest absolute Gasteiger partial charge is 0.389 e. The first-order chi connectivity index (χ1) is 9.52. The molecule has 1 aromatic carbocycles. The number of rotatable bonds is 4. The van der Waals surface area contributed by atoms with Crippen molar-refractivity contribution in [2.45, 2.75) is 44.8 Å². The molecule has 0 atom stereocenters. The van der Waals surface area contributed by atoms with Crippen molar-refractivity contribution >= 4 is 0 Å². The number of hydrogen-bond donors (Lipinski definition) is 2. The van der Waals surface area contributed by atoms with Crippen LogP contribution in [0, 0.1) is 23.1 Å². The van der Waals surface area contributed by atoms with Crippen molar-refractivity contribution in [1.82, 2.24) is 5.32 Å². The monoisotopic (exact) mass is 276 g/mol. The second kappa shape index (κ2) is 6.34. The SMILES string of the molecule is CC1CCC(O)(CNCc2ccc(F)c(C#N)c2)CC1. The Morgan fingerprint density at radius 1 is 1.45 bits per heavy atom. The second-order valence-electron chi connectivity index (χ2n) is 5.94. The Balaban J connectivity index is 1.85. The molecular weight excluding hydrogens is 255 g/mol. The van der Waals surface area contributed by atoms with Crippen LogP contribution >= 0.6 is 0 Å². The third-order valence-electron chi connectivity index (χ3n) is 4.14. The highest BCUT2D eigenvalue weighted by Gasteiger charge is 2.31. The van der Waals surface area contributed by atoms with E-state index in [0.29, 0.717) is 19.0 Å². The van der Waals surface area contributed by atoms with Crippen LogP contribution in [0.25, 0.3) is 0 Å². The van der Waals surface area contributed by atoms with Gasteiger partial charge in [-0.15, -0.1) is 0 Å². The van der Waals surface area contributed by atoms with Gasteiger partial charge in [0, 0.05) is 13.1 Å². The van der Waals surface area contributed by atoms with Gasteiger partial charge in [-0.05, 0) is 49.3 Å². The lowest BCUT2D eigenvalue weighted by Gasteiger charge is -2.35. The standard InChI is InChI=1S/C16H21FN2O/c1-12-4-6-16(20,7-5-12)11-19-10-13-2-3-15(17)14(8-13)9-18/h2-3,8,12,19-20H,4-7,10-11H2,1H3. The van der Waals surface area contributed by atoms with Gasteiger partial charge >= 0.3 is 0 Å². The van der Waals surface area contributed by atoms with Crippen LogP contribution in [0.3, 0.4) is 0 Å². The number of benzene rings is 1. The molecule has 0 saturated heterocycles. The quantitative estimate of drug-likeness (QED) is 0.889. The Morgan fingerprint density at radius 2 is 2.15 bits per heavy atom. The summed E-state index contributed by atoms with van der Waals surface area (Å²) in [4.78, 5) is 0. The minimum atomic E-state index is -0.620. The van der Waals surface area contributed by atoms with E-state index in [4.69, 9.17) is 5.26 Å². The maximum atomic E-state index is 13.2. The van der Waals surface area contributed by atoms with E-state index < -0.39 is 11.4 Å². The predicted octanol–water partition coefficient (Wildman–Crippen LogP) is 2.73. The summed E-state index contributed by atoms with van der Waals surface area (Å²) in [5, 5.41) is 22.4. The van der Waals surface area contributed by atoms with E-state index in [1.54, 1.807) is 12.1 Å². The summed E-state index contributed by atoms with van der Waals surface area (Å²) in [7, 11) is 0. The molecule has 0 aromatic heterocycles. The van der Waals surface area contributed by atoms with Crippen molar-refractivity contribution in [1.29, 1.82) is 5.26 Å². The van der Waals surface area contributed by atoms with Gasteiger partial charge < -0.3 is 10.4 Å². The van der Waals surface area contributed by atoms with Crippen LogP contribution in [-0.2, 0) is 6.54 Å². The van der Waals surface area contributed by atoms with Crippen LogP contribution in [0.5, 0.6) is 0 Å². The summed E-state index contributed by atoms with van der Waals surface area (Å²) in [6.07, 6.45) is 3.78. The van der Waals surface area contributed by atoms with E-state index >= 15 is 0 Å². The molecule has 1 fully saturated rings. The van der Waals surface area contributed by atoms with Crippen molar-refractivity contribution in [3.8, 4) is 6.07 Å². The molecule has 0 aliphatic heterocycles. The van der Waals surface area contributed by atoms with Gasteiger partial charge in [-0.1, -0.05) is 13.0 Å². The van der Waals surface area contributed by atoms with E-state index in [1.165, 1.54) is 6.07 Å². The number of halogens is 1. The molecule has 0 unspecified atom stereocenters. The fourth-order valence-corrected chi connectivity index (χ4v) is 2.68. The lowest BCUT2D eigenvalue weighted by atomic mass is 9.79. The Labute approximate surface area is 119 Å². The Morgan fingerprint density at radius 3 is 2.80 bits per heavy atom. The highest BCUT2D eigenvalue weighted by molar-refractivity contribution is 5.34. The molecular formula is C16H21FN2O. The fraction of sp³-hybridized carbons (Fsp3) is 0.562. The maximum Gasteiger partial charge on any atom is 0.140 e. The summed E-state index contributed by atoms with van der Waals surface area (Å²) in [6, 6.07) is 6.36. The summed E-state index contributed by atoms with van der Waals surface area (Å²) < 4.78 is 13.2. The predicted molar refractivity (Wildman–Crippen MR) is 75.4 cm³/mol. The van der Waals surface area contributed by atoms with Crippen molar-refractivity contribution in [2.75, 3.05) is 6.54 Å². The zero-order chi connectivity index (χ0) is 14.6. The molecule has 0 amide bonds. The van der Waals surface area contributed by atoms with Crippen molar-refractivity contribution < 1.29 is 9.50 Å². The molecule has 0 radical (unpaired) electrons. The smallest absolute Gasteiger partial charge is 0.140 e. The van der Waals surface area contributed by atoms with Gasteiger partial charge in [0.05, 0.1) is 11.2 Å². The third-order valence-corrected chi connectivity index (χ3v) is 4.14. The first-order valence-corrected chi connectivity index (χ1v) is 7.14. The average Bonchev–Trinajstić information content (AvgIpc) is 2.44. The number of aliphatic hydroxyl groups is 1. The molecule has 0 heterocycles. The molecule has 3 nitrogen and oxygen atoms in total. The molecule has 1 aliphatic rings. The summed E-state index contributed by atoms with van der Waals surface area (Å²) in [5.74, 6) is 0.210. The van der Waals surface area contributed by atoms with Crippen molar-refractivity contribution in [3.63, 3.8) is 0 Å². The Bertz CT molecular complexity index is 502. The van der Waals surface area contributed by atoms with Crippen LogP contribution in [0.1, 0.15) is 43.7 Å². The van der Waals surface area contributed by atoms with E-state index in [9.17, 15) is 9.50 Å². The second-order valence-corrected chi connectivity index (χ2v) is 5.94. The zero-order valence-corrected chi connectivity index (χ0v) is 11.8. The topological polar surface area (TPSA) is 56.0 Å². The molecule has 20 heavy (non-hydrogen) atoms. The minimum absolute atomic E-state index is 0.0644. The minimum Gasteiger partial charge on any atom is -0.389 e. The van der Waals surface area contributed by atoms with Gasteiger partial charge in [0.2, 0.25) is 0 Å². The van der Waals surface area contributed by atoms with Gasteiger partial charge in [-0.25, -0.2) is 4.39 Å². The van der Waals surface area contributed by atoms with Crippen molar-refractivity contribution in [2.24, 2.45) is 5.92 Å². The summed E-state index contributed by atoms with van der Waals surface area (Å²) in [6.45, 7) is 3.29. The van der Waals surface area contributed by atoms with Gasteiger partial charge in [0.15, 0.2) is 0 Å². The molecule has 1 aliphatic carbocycles. The first-order valence-electron chi connectivity index (χ1n) is 7.14. The number of nitrogens with one attached hydrogen (secondary N) is 1. The highest BCUT2D eigenvalue weighted by atomic mass is 19.1. The lowest BCUT2D eigenvalue weighted by Crippen LogP contribution is -2.43. The van der Waals surface area contributed by atoms with E-state index in [0.717, 1.165) is 31.2 Å². The van der Waals surface area contributed by atoms with Gasteiger partial charge in [0.25, 0.3) is 0 Å². The zero-order valence-electron chi connectivity index (χ0n) is 11.8. The molecule has 1 aromatic rings. The van der Waals surface area contributed by atoms with Crippen LogP contribution in [0.15, 0.2) is 18.2 Å². The normalized spacial score (nSPS) is 26.2. The molecule has 4 heteroatoms. The van der Waals surface area contributed by atoms with E-state index in [-0.39, 0.29) is 5.56 Å². The Kier molecular flexibility index (Phi) is 4.74. The maximum absolute atomic E-state index is 13.2. The third kappa shape index (κ3) is 3.78. The van der Waals surface area contributed by atoms with Gasteiger partial charge in [-0.2, -0.15) is 5.26 Å². The molecule has 2 rings (SSSR count). The van der Waals surface area contributed by atoms with Crippen LogP contribution < -0.4 is 5.32 Å². The van der Waals surface area contributed by atoms with Gasteiger partial charge in [0.1, 0.15) is 11.9 Å². The summed E-state index contributed by atoms with van der Waals surface area (Å²) in [5.41, 5.74) is 0.301. The fourth-order valence-electron chi connectivity index (χ4n) is 2.68. The lowest BCUT2D eigenvalue weighted by molar-refractivity contribution is -0.00630. The number of hydrogen-bond acceptors (Lipinski definition) is 3. The van der Waals surface area contributed by atoms with Crippen LogP contribution in [-0.4, -0.2) is 17.3 Å². The number of nitrogens with zero attached hydrogens (tertiary/aromatic N) is 1. The molecule has 2 N–H and O–H groups in total. The number of nitriles is 1. The van der Waals surface area contributed by atoms with E-state index in [2.05, 4.69) is 12.2 Å². The van der Waals surface area contributed by atoms with E-state index in [1.807, 2.05) is 6.07 Å². The molecule has 1 saturated carbocycles. The highest BCUT2D eigenvalue weighted by Crippen LogP contribution is 2.31. The average molecular weight is 276 g/mol. The molecule has 0 bridgehead atoms. The van der Waals surface area contributed by atoms with Gasteiger partial charge in [-0.3, -0.25) is 0 Å². The van der Waals surface area contributed by atoms with Crippen LogP contribution in [0.4, 0.5) is 4.39 Å².